The van der Waals surface area contributed by atoms with Crippen molar-refractivity contribution < 1.29 is 25.2 Å². The van der Waals surface area contributed by atoms with Gasteiger partial charge in [-0.05, 0) is 64.2 Å². The normalized spacial score (nSPS) is 14.0. The van der Waals surface area contributed by atoms with Gasteiger partial charge in [-0.3, -0.25) is 4.79 Å². The lowest BCUT2D eigenvalue weighted by Crippen LogP contribution is -2.53. The molecule has 0 heterocycles. The number of amides is 1. The van der Waals surface area contributed by atoms with E-state index in [1.54, 1.807) is 0 Å². The number of rotatable bonds is 49. The van der Waals surface area contributed by atoms with E-state index in [-0.39, 0.29) is 0 Å². The zero-order valence-electron chi connectivity index (χ0n) is 40.2. The molecule has 4 atom stereocenters. The van der Waals surface area contributed by atoms with Crippen molar-refractivity contribution in [3.8, 4) is 0 Å². The van der Waals surface area contributed by atoms with Gasteiger partial charge in [-0.2, -0.15) is 0 Å². The first-order valence-corrected chi connectivity index (χ1v) is 26.7. The molecule has 0 bridgehead atoms. The molecule has 0 aliphatic carbocycles. The minimum atomic E-state index is -1.28. The molecule has 60 heavy (non-hydrogen) atoms. The summed E-state index contributed by atoms with van der Waals surface area (Å²) >= 11 is 0. The number of carbonyl (C=O) groups is 1. The number of allylic oxidation sites excluding steroid dienone is 4. The largest absolute Gasteiger partial charge is 0.394 e. The Bertz CT molecular complexity index is 909. The van der Waals surface area contributed by atoms with Gasteiger partial charge in [-0.25, -0.2) is 0 Å². The predicted octanol–water partition coefficient (Wildman–Crippen LogP) is 15.1. The Morgan fingerprint density at radius 1 is 0.400 bits per heavy atom. The summed E-state index contributed by atoms with van der Waals surface area (Å²) in [4.78, 5) is 12.5. The van der Waals surface area contributed by atoms with Crippen LogP contribution in [0.15, 0.2) is 24.3 Å². The molecule has 0 aliphatic heterocycles. The third-order valence-electron chi connectivity index (χ3n) is 12.6. The van der Waals surface area contributed by atoms with Crippen LogP contribution in [-0.4, -0.2) is 57.3 Å². The molecule has 0 aromatic carbocycles. The minimum Gasteiger partial charge on any atom is -0.394 e. The van der Waals surface area contributed by atoms with Crippen molar-refractivity contribution in [2.75, 3.05) is 6.61 Å². The fraction of sp³-hybridized carbons (Fsp3) is 0.907. The van der Waals surface area contributed by atoms with E-state index >= 15 is 0 Å². The maximum absolute atomic E-state index is 12.5. The first-order chi connectivity index (χ1) is 29.5. The Balaban J connectivity index is 3.58. The maximum atomic E-state index is 12.5. The molecule has 0 aromatic heterocycles. The van der Waals surface area contributed by atoms with E-state index in [1.807, 2.05) is 0 Å². The predicted molar refractivity (Wildman–Crippen MR) is 261 cm³/mol. The Morgan fingerprint density at radius 3 is 1.00 bits per heavy atom. The van der Waals surface area contributed by atoms with Crippen LogP contribution >= 0.6 is 0 Å². The maximum Gasteiger partial charge on any atom is 0.249 e. The molecule has 0 saturated carbocycles. The molecule has 4 unspecified atom stereocenters. The molecule has 0 rings (SSSR count). The topological polar surface area (TPSA) is 110 Å². The van der Waals surface area contributed by atoms with Crippen LogP contribution in [0.1, 0.15) is 284 Å². The van der Waals surface area contributed by atoms with Crippen LogP contribution in [0.2, 0.25) is 0 Å². The quantitative estimate of drug-likeness (QED) is 0.0309. The highest BCUT2D eigenvalue weighted by Gasteiger charge is 2.28. The Morgan fingerprint density at radius 2 is 0.683 bits per heavy atom. The number of unbranched alkanes of at least 4 members (excludes halogenated alkanes) is 36. The molecule has 6 heteroatoms. The smallest absolute Gasteiger partial charge is 0.249 e. The lowest BCUT2D eigenvalue weighted by atomic mass is 10.00. The molecule has 6 nitrogen and oxygen atoms in total. The molecule has 1 amide bonds. The van der Waals surface area contributed by atoms with E-state index in [1.165, 1.54) is 218 Å². The molecule has 5 N–H and O–H groups in total. The second-order valence-electron chi connectivity index (χ2n) is 18.6. The molecule has 0 radical (unpaired) electrons. The average molecular weight is 848 g/mol. The molecule has 0 spiro atoms. The first kappa shape index (κ1) is 58.8. The van der Waals surface area contributed by atoms with Crippen LogP contribution in [0.4, 0.5) is 0 Å². The number of aliphatic hydroxyl groups excluding tert-OH is 4. The lowest BCUT2D eigenvalue weighted by molar-refractivity contribution is -0.132. The van der Waals surface area contributed by atoms with Gasteiger partial charge >= 0.3 is 0 Å². The van der Waals surface area contributed by atoms with E-state index < -0.39 is 36.9 Å². The summed E-state index contributed by atoms with van der Waals surface area (Å²) in [6.07, 6.45) is 58.2. The van der Waals surface area contributed by atoms with Crippen molar-refractivity contribution in [1.82, 2.24) is 5.32 Å². The van der Waals surface area contributed by atoms with Crippen LogP contribution in [0.3, 0.4) is 0 Å². The molecule has 0 aliphatic rings. The number of carbonyl (C=O) groups excluding carboxylic acids is 1. The third-order valence-corrected chi connectivity index (χ3v) is 12.6. The third kappa shape index (κ3) is 42.1. The van der Waals surface area contributed by atoms with Crippen molar-refractivity contribution in [3.05, 3.63) is 24.3 Å². The van der Waals surface area contributed by atoms with Crippen LogP contribution in [0, 0.1) is 0 Å². The number of hydrogen-bond donors (Lipinski definition) is 5. The van der Waals surface area contributed by atoms with Crippen molar-refractivity contribution in [1.29, 1.82) is 0 Å². The Labute approximate surface area is 374 Å². The van der Waals surface area contributed by atoms with Crippen LogP contribution < -0.4 is 5.32 Å². The van der Waals surface area contributed by atoms with Gasteiger partial charge in [-0.1, -0.05) is 244 Å². The Hall–Kier alpha value is -1.21. The fourth-order valence-corrected chi connectivity index (χ4v) is 8.40. The second-order valence-corrected chi connectivity index (χ2v) is 18.6. The van der Waals surface area contributed by atoms with Gasteiger partial charge in [-0.15, -0.1) is 0 Å². The van der Waals surface area contributed by atoms with E-state index in [9.17, 15) is 25.2 Å². The van der Waals surface area contributed by atoms with Gasteiger partial charge in [0.05, 0.1) is 18.8 Å². The monoisotopic (exact) mass is 848 g/mol. The summed E-state index contributed by atoms with van der Waals surface area (Å²) < 4.78 is 0. The van der Waals surface area contributed by atoms with Crippen molar-refractivity contribution >= 4 is 5.91 Å². The number of hydrogen-bond acceptors (Lipinski definition) is 5. The summed E-state index contributed by atoms with van der Waals surface area (Å²) in [5, 5.41) is 43.8. The standard InChI is InChI=1S/C54H105NO5/c1-3-5-7-9-11-13-15-17-18-19-20-21-22-23-24-25-26-27-28-29-30-31-32-33-34-36-38-40-42-44-46-48-52(58)54(60)55-50(49-56)53(59)51(57)47-45-43-41-39-37-35-16-14-12-10-8-6-4-2/h23-24,39,41,50-53,56-59H,3-22,25-38,40,42-49H2,1-2H3,(H,55,60)/b24-23-,41-39+. The molecular formula is C54H105NO5. The molecule has 0 aromatic rings. The zero-order valence-corrected chi connectivity index (χ0v) is 40.2. The highest BCUT2D eigenvalue weighted by Crippen LogP contribution is 2.17. The molecule has 0 saturated heterocycles. The second kappa shape index (κ2) is 48.8. The van der Waals surface area contributed by atoms with Gasteiger partial charge < -0.3 is 25.7 Å². The first-order valence-electron chi connectivity index (χ1n) is 26.7. The van der Waals surface area contributed by atoms with E-state index in [0.717, 1.165) is 38.5 Å². The van der Waals surface area contributed by atoms with Crippen LogP contribution in [0.5, 0.6) is 0 Å². The molecule has 356 valence electrons. The van der Waals surface area contributed by atoms with Gasteiger partial charge in [0.2, 0.25) is 5.91 Å². The summed E-state index contributed by atoms with van der Waals surface area (Å²) in [6, 6.07) is -0.999. The summed E-state index contributed by atoms with van der Waals surface area (Å²) in [7, 11) is 0. The van der Waals surface area contributed by atoms with Crippen LogP contribution in [0.25, 0.3) is 0 Å². The van der Waals surface area contributed by atoms with Crippen molar-refractivity contribution in [3.63, 3.8) is 0 Å². The van der Waals surface area contributed by atoms with E-state index in [2.05, 4.69) is 43.5 Å². The van der Waals surface area contributed by atoms with E-state index in [0.29, 0.717) is 12.8 Å². The summed E-state index contributed by atoms with van der Waals surface area (Å²) in [6.45, 7) is 4.05. The molecular weight excluding hydrogens is 743 g/mol. The summed E-state index contributed by atoms with van der Waals surface area (Å²) in [5.41, 5.74) is 0. The Kier molecular flexibility index (Phi) is 47.8. The highest BCUT2D eigenvalue weighted by atomic mass is 16.3. The minimum absolute atomic E-state index is 0.366. The van der Waals surface area contributed by atoms with Gasteiger partial charge in [0.15, 0.2) is 0 Å². The van der Waals surface area contributed by atoms with Gasteiger partial charge in [0, 0.05) is 0 Å². The van der Waals surface area contributed by atoms with Gasteiger partial charge in [0.1, 0.15) is 12.2 Å². The van der Waals surface area contributed by atoms with Crippen molar-refractivity contribution in [2.45, 2.75) is 308 Å². The fourth-order valence-electron chi connectivity index (χ4n) is 8.40. The lowest BCUT2D eigenvalue weighted by Gasteiger charge is -2.27. The SMILES string of the molecule is CCCCCCCCCC/C=C/CCCC(O)C(O)C(CO)NC(=O)C(O)CCCCCCCCCCCCCCCCC/C=C\CCCCCCCCCCCCCC. The highest BCUT2D eigenvalue weighted by molar-refractivity contribution is 5.80. The number of nitrogens with one attached hydrogen (secondary N) is 1. The zero-order chi connectivity index (χ0) is 43.8. The average Bonchev–Trinajstić information content (AvgIpc) is 3.25. The van der Waals surface area contributed by atoms with Crippen molar-refractivity contribution in [2.24, 2.45) is 0 Å². The van der Waals surface area contributed by atoms with Crippen LogP contribution in [-0.2, 0) is 4.79 Å². The molecule has 0 fully saturated rings. The van der Waals surface area contributed by atoms with Gasteiger partial charge in [0.25, 0.3) is 0 Å². The number of aliphatic hydroxyl groups is 4. The summed E-state index contributed by atoms with van der Waals surface area (Å²) in [5.74, 6) is -0.591. The van der Waals surface area contributed by atoms with E-state index in [4.69, 9.17) is 0 Å².